The highest BCUT2D eigenvalue weighted by atomic mass is 16.5. The second-order valence-electron chi connectivity index (χ2n) is 7.96. The molecular formula is C21H28N4O2. The van der Waals surface area contributed by atoms with Crippen molar-refractivity contribution < 1.29 is 9.53 Å². The summed E-state index contributed by atoms with van der Waals surface area (Å²) in [6.07, 6.45) is 2.40. The predicted octanol–water partition coefficient (Wildman–Crippen LogP) is 2.80. The Bertz CT molecular complexity index is 814. The van der Waals surface area contributed by atoms with Crippen molar-refractivity contribution in [1.82, 2.24) is 20.2 Å². The number of nitrogens with zero attached hydrogens (tertiary/aromatic N) is 3. The number of ether oxygens (including phenoxy) is 1. The maximum absolute atomic E-state index is 12.2. The van der Waals surface area contributed by atoms with Gasteiger partial charge in [-0.15, -0.1) is 0 Å². The van der Waals surface area contributed by atoms with Gasteiger partial charge in [-0.3, -0.25) is 9.69 Å². The highest BCUT2D eigenvalue weighted by molar-refractivity contribution is 5.76. The summed E-state index contributed by atoms with van der Waals surface area (Å²) in [5.41, 5.74) is 3.18. The Morgan fingerprint density at radius 2 is 2.04 bits per heavy atom. The van der Waals surface area contributed by atoms with Crippen molar-refractivity contribution in [3.8, 4) is 5.75 Å². The lowest BCUT2D eigenvalue weighted by Gasteiger charge is -2.16. The van der Waals surface area contributed by atoms with Gasteiger partial charge in [0.15, 0.2) is 0 Å². The minimum atomic E-state index is -0.0547. The third-order valence-corrected chi connectivity index (χ3v) is 4.72. The maximum atomic E-state index is 12.2. The zero-order valence-corrected chi connectivity index (χ0v) is 16.6. The number of rotatable bonds is 6. The normalized spacial score (nSPS) is 14.1. The lowest BCUT2D eigenvalue weighted by atomic mass is 9.95. The van der Waals surface area contributed by atoms with Crippen molar-refractivity contribution >= 4 is 5.91 Å². The van der Waals surface area contributed by atoms with E-state index in [0.29, 0.717) is 19.5 Å². The van der Waals surface area contributed by atoms with Crippen molar-refractivity contribution in [2.24, 2.45) is 0 Å². The minimum absolute atomic E-state index is 0.0401. The highest BCUT2D eigenvalue weighted by Gasteiger charge is 2.25. The topological polar surface area (TPSA) is 67.3 Å². The Hall–Kier alpha value is -2.47. The predicted molar refractivity (Wildman–Crippen MR) is 104 cm³/mol. The molecule has 1 aliphatic rings. The number of fused-ring (bicyclic) bond motifs is 1. The van der Waals surface area contributed by atoms with Gasteiger partial charge >= 0.3 is 0 Å². The monoisotopic (exact) mass is 368 g/mol. The molecule has 0 unspecified atom stereocenters. The summed E-state index contributed by atoms with van der Waals surface area (Å²) < 4.78 is 5.32. The fourth-order valence-electron chi connectivity index (χ4n) is 3.13. The van der Waals surface area contributed by atoms with Crippen LogP contribution < -0.4 is 10.1 Å². The molecule has 2 heterocycles. The van der Waals surface area contributed by atoms with Crippen LogP contribution in [0.15, 0.2) is 30.5 Å². The van der Waals surface area contributed by atoms with Gasteiger partial charge in [0.2, 0.25) is 5.91 Å². The molecule has 3 rings (SSSR count). The standard InChI is InChI=1S/C21H28N4O2/c1-21(2,3)20-23-12-16-13-25(14-17(16)24-20)10-9-19(26)22-11-15-7-5-6-8-18(15)27-4/h5-8,12H,9-11,13-14H2,1-4H3,(H,22,26). The summed E-state index contributed by atoms with van der Waals surface area (Å²) >= 11 is 0. The van der Waals surface area contributed by atoms with Crippen LogP contribution in [0, 0.1) is 0 Å². The number of amides is 1. The van der Waals surface area contributed by atoms with E-state index in [9.17, 15) is 4.79 Å². The molecule has 1 aliphatic heterocycles. The Labute approximate surface area is 161 Å². The van der Waals surface area contributed by atoms with Gasteiger partial charge in [-0.2, -0.15) is 0 Å². The zero-order valence-electron chi connectivity index (χ0n) is 16.6. The number of hydrogen-bond donors (Lipinski definition) is 1. The lowest BCUT2D eigenvalue weighted by Crippen LogP contribution is -2.28. The first kappa shape index (κ1) is 19.3. The quantitative estimate of drug-likeness (QED) is 0.849. The summed E-state index contributed by atoms with van der Waals surface area (Å²) in [5, 5.41) is 2.97. The van der Waals surface area contributed by atoms with Gasteiger partial charge in [-0.1, -0.05) is 39.0 Å². The maximum Gasteiger partial charge on any atom is 0.221 e. The van der Waals surface area contributed by atoms with Crippen LogP contribution in [0.25, 0.3) is 0 Å². The number of hydrogen-bond acceptors (Lipinski definition) is 5. The van der Waals surface area contributed by atoms with Crippen LogP contribution in [0.1, 0.15) is 49.8 Å². The first-order chi connectivity index (χ1) is 12.9. The van der Waals surface area contributed by atoms with Crippen LogP contribution >= 0.6 is 0 Å². The van der Waals surface area contributed by atoms with Crippen LogP contribution in [-0.2, 0) is 29.8 Å². The molecule has 0 aliphatic carbocycles. The van der Waals surface area contributed by atoms with Crippen molar-refractivity contribution in [2.75, 3.05) is 13.7 Å². The largest absolute Gasteiger partial charge is 0.496 e. The third kappa shape index (κ3) is 4.83. The average Bonchev–Trinajstić information content (AvgIpc) is 3.06. The molecule has 0 fully saturated rings. The molecule has 0 bridgehead atoms. The van der Waals surface area contributed by atoms with Crippen molar-refractivity contribution in [2.45, 2.75) is 52.2 Å². The van der Waals surface area contributed by atoms with E-state index in [4.69, 9.17) is 9.72 Å². The number of carbonyl (C=O) groups excluding carboxylic acids is 1. The van der Waals surface area contributed by atoms with Crippen LogP contribution in [0.3, 0.4) is 0 Å². The molecule has 1 N–H and O–H groups in total. The molecule has 0 atom stereocenters. The van der Waals surface area contributed by atoms with Crippen LogP contribution in [0.4, 0.5) is 0 Å². The van der Waals surface area contributed by atoms with Crippen molar-refractivity contribution in [1.29, 1.82) is 0 Å². The smallest absolute Gasteiger partial charge is 0.221 e. The molecule has 6 heteroatoms. The summed E-state index contributed by atoms with van der Waals surface area (Å²) in [6, 6.07) is 7.72. The van der Waals surface area contributed by atoms with Gasteiger partial charge in [0.1, 0.15) is 11.6 Å². The van der Waals surface area contributed by atoms with E-state index in [2.05, 4.69) is 36.0 Å². The van der Waals surface area contributed by atoms with Crippen LogP contribution in [0.2, 0.25) is 0 Å². The van der Waals surface area contributed by atoms with E-state index in [1.165, 1.54) is 0 Å². The molecule has 6 nitrogen and oxygen atoms in total. The Kier molecular flexibility index (Phi) is 5.75. The molecule has 0 saturated carbocycles. The molecule has 1 aromatic carbocycles. The number of aromatic nitrogens is 2. The second-order valence-corrected chi connectivity index (χ2v) is 7.96. The van der Waals surface area contributed by atoms with Gasteiger partial charge in [0.05, 0.1) is 12.8 Å². The van der Waals surface area contributed by atoms with Gasteiger partial charge in [0, 0.05) is 55.3 Å². The molecule has 0 saturated heterocycles. The molecule has 1 amide bonds. The summed E-state index contributed by atoms with van der Waals surface area (Å²) in [5.74, 6) is 1.71. The minimum Gasteiger partial charge on any atom is -0.496 e. The van der Waals surface area contributed by atoms with E-state index >= 15 is 0 Å². The number of benzene rings is 1. The van der Waals surface area contributed by atoms with E-state index < -0.39 is 0 Å². The first-order valence-electron chi connectivity index (χ1n) is 9.33. The average molecular weight is 368 g/mol. The van der Waals surface area contributed by atoms with Gasteiger partial charge in [-0.05, 0) is 6.07 Å². The van der Waals surface area contributed by atoms with E-state index in [1.807, 2.05) is 30.5 Å². The summed E-state index contributed by atoms with van der Waals surface area (Å²) in [4.78, 5) is 23.7. The summed E-state index contributed by atoms with van der Waals surface area (Å²) in [6.45, 7) is 9.12. The lowest BCUT2D eigenvalue weighted by molar-refractivity contribution is -0.121. The zero-order chi connectivity index (χ0) is 19.4. The van der Waals surface area contributed by atoms with E-state index in [-0.39, 0.29) is 11.3 Å². The Morgan fingerprint density at radius 3 is 2.78 bits per heavy atom. The molecule has 0 spiro atoms. The molecule has 0 radical (unpaired) electrons. The number of nitrogens with one attached hydrogen (secondary N) is 1. The molecule has 144 valence electrons. The second kappa shape index (κ2) is 8.05. The first-order valence-corrected chi connectivity index (χ1v) is 9.33. The van der Waals surface area contributed by atoms with Crippen LogP contribution in [0.5, 0.6) is 5.75 Å². The number of carbonyl (C=O) groups is 1. The summed E-state index contributed by atoms with van der Waals surface area (Å²) in [7, 11) is 1.64. The third-order valence-electron chi connectivity index (χ3n) is 4.72. The Balaban J connectivity index is 1.48. The van der Waals surface area contributed by atoms with Crippen molar-refractivity contribution in [3.63, 3.8) is 0 Å². The van der Waals surface area contributed by atoms with Gasteiger partial charge in [0.25, 0.3) is 0 Å². The molecule has 1 aromatic heterocycles. The van der Waals surface area contributed by atoms with Gasteiger partial charge in [-0.25, -0.2) is 9.97 Å². The van der Waals surface area contributed by atoms with E-state index in [0.717, 1.165) is 41.5 Å². The molecular weight excluding hydrogens is 340 g/mol. The molecule has 27 heavy (non-hydrogen) atoms. The highest BCUT2D eigenvalue weighted by Crippen LogP contribution is 2.24. The van der Waals surface area contributed by atoms with Crippen LogP contribution in [-0.4, -0.2) is 34.4 Å². The fraction of sp³-hybridized carbons (Fsp3) is 0.476. The number of para-hydroxylation sites is 1. The molecule has 2 aromatic rings. The van der Waals surface area contributed by atoms with Gasteiger partial charge < -0.3 is 10.1 Å². The number of methoxy groups -OCH3 is 1. The Morgan fingerprint density at radius 1 is 1.26 bits per heavy atom. The van der Waals surface area contributed by atoms with E-state index in [1.54, 1.807) is 7.11 Å². The fourth-order valence-corrected chi connectivity index (χ4v) is 3.13. The SMILES string of the molecule is COc1ccccc1CNC(=O)CCN1Cc2cnc(C(C)(C)C)nc2C1. The van der Waals surface area contributed by atoms with Crippen molar-refractivity contribution in [3.05, 3.63) is 53.1 Å².